The van der Waals surface area contributed by atoms with Gasteiger partial charge in [-0.25, -0.2) is 0 Å². The zero-order chi connectivity index (χ0) is 13.9. The number of nitrogens with zero attached hydrogens (tertiary/aromatic N) is 1. The summed E-state index contributed by atoms with van der Waals surface area (Å²) in [5.74, 6) is 1.02. The molecule has 0 bridgehead atoms. The van der Waals surface area contributed by atoms with Gasteiger partial charge < -0.3 is 15.0 Å². The lowest BCUT2D eigenvalue weighted by Gasteiger charge is -2.30. The van der Waals surface area contributed by atoms with Crippen molar-refractivity contribution in [1.82, 2.24) is 10.2 Å². The van der Waals surface area contributed by atoms with Gasteiger partial charge in [0.1, 0.15) is 5.75 Å². The molecule has 5 heteroatoms. The monoisotopic (exact) mass is 310 g/mol. The Morgan fingerprint density at radius 2 is 2.24 bits per heavy atom. The standard InChI is InChI=1S/C16H22N2O2.ClH/c1-2-9-18(13-7-8-17-11-13)16(19)15-10-12-5-3-4-6-14(12)20-15;/h3-6,13,15,17H,2,7-11H2,1H3;1H. The molecule has 3 rings (SSSR count). The van der Waals surface area contributed by atoms with E-state index >= 15 is 0 Å². The summed E-state index contributed by atoms with van der Waals surface area (Å²) < 4.78 is 5.84. The Morgan fingerprint density at radius 1 is 1.43 bits per heavy atom. The molecule has 1 amide bonds. The van der Waals surface area contributed by atoms with Crippen molar-refractivity contribution in [3.05, 3.63) is 29.8 Å². The molecule has 2 unspecified atom stereocenters. The molecule has 4 nitrogen and oxygen atoms in total. The van der Waals surface area contributed by atoms with Gasteiger partial charge in [-0.3, -0.25) is 4.79 Å². The lowest BCUT2D eigenvalue weighted by atomic mass is 10.1. The van der Waals surface area contributed by atoms with E-state index in [1.807, 2.05) is 29.2 Å². The number of fused-ring (bicyclic) bond motifs is 1. The summed E-state index contributed by atoms with van der Waals surface area (Å²) in [7, 11) is 0. The fourth-order valence-corrected chi connectivity index (χ4v) is 3.12. The fraction of sp³-hybridized carbons (Fsp3) is 0.562. The second kappa shape index (κ2) is 7.14. The van der Waals surface area contributed by atoms with E-state index in [4.69, 9.17) is 4.74 Å². The van der Waals surface area contributed by atoms with Crippen LogP contribution in [0.2, 0.25) is 0 Å². The highest BCUT2D eigenvalue weighted by Crippen LogP contribution is 2.29. The number of benzene rings is 1. The predicted molar refractivity (Wildman–Crippen MR) is 85.1 cm³/mol. The minimum atomic E-state index is -0.334. The Hall–Kier alpha value is -1.26. The summed E-state index contributed by atoms with van der Waals surface area (Å²) in [6.45, 7) is 4.85. The Balaban J connectivity index is 0.00000161. The number of nitrogens with one attached hydrogen (secondary N) is 1. The molecule has 2 aliphatic rings. The van der Waals surface area contributed by atoms with Crippen LogP contribution in [-0.4, -0.2) is 42.6 Å². The maximum Gasteiger partial charge on any atom is 0.264 e. The van der Waals surface area contributed by atoms with Crippen molar-refractivity contribution in [3.63, 3.8) is 0 Å². The van der Waals surface area contributed by atoms with Crippen LogP contribution in [0.3, 0.4) is 0 Å². The van der Waals surface area contributed by atoms with Gasteiger partial charge in [0, 0.05) is 25.6 Å². The molecule has 1 aromatic rings. The summed E-state index contributed by atoms with van der Waals surface area (Å²) >= 11 is 0. The molecule has 0 aliphatic carbocycles. The smallest absolute Gasteiger partial charge is 0.264 e. The number of halogens is 1. The molecule has 0 radical (unpaired) electrons. The fourth-order valence-electron chi connectivity index (χ4n) is 3.12. The second-order valence-corrected chi connectivity index (χ2v) is 5.60. The quantitative estimate of drug-likeness (QED) is 0.925. The van der Waals surface area contributed by atoms with Crippen LogP contribution in [-0.2, 0) is 11.2 Å². The normalized spacial score (nSPS) is 23.1. The molecule has 2 atom stereocenters. The SMILES string of the molecule is CCCN(C(=O)C1Cc2ccccc2O1)C1CCNC1.Cl. The topological polar surface area (TPSA) is 41.6 Å². The van der Waals surface area contributed by atoms with Crippen LogP contribution in [0.15, 0.2) is 24.3 Å². The van der Waals surface area contributed by atoms with Gasteiger partial charge >= 0.3 is 0 Å². The number of rotatable bonds is 4. The van der Waals surface area contributed by atoms with E-state index in [1.165, 1.54) is 0 Å². The molecule has 1 N–H and O–H groups in total. The van der Waals surface area contributed by atoms with Gasteiger partial charge in [0.05, 0.1) is 0 Å². The first-order chi connectivity index (χ1) is 9.79. The molecule has 0 saturated carbocycles. The lowest BCUT2D eigenvalue weighted by molar-refractivity contribution is -0.140. The van der Waals surface area contributed by atoms with Crippen molar-refractivity contribution < 1.29 is 9.53 Å². The van der Waals surface area contributed by atoms with Crippen molar-refractivity contribution in [2.75, 3.05) is 19.6 Å². The number of carbonyl (C=O) groups excluding carboxylic acids is 1. The molecule has 2 aliphatic heterocycles. The van der Waals surface area contributed by atoms with E-state index in [0.717, 1.165) is 43.8 Å². The first kappa shape index (κ1) is 16.1. The van der Waals surface area contributed by atoms with E-state index in [1.54, 1.807) is 0 Å². The van der Waals surface area contributed by atoms with E-state index in [-0.39, 0.29) is 24.4 Å². The van der Waals surface area contributed by atoms with Crippen LogP contribution < -0.4 is 10.1 Å². The maximum atomic E-state index is 12.8. The van der Waals surface area contributed by atoms with Crippen molar-refractivity contribution in [1.29, 1.82) is 0 Å². The van der Waals surface area contributed by atoms with E-state index < -0.39 is 0 Å². The number of amides is 1. The number of hydrogen-bond acceptors (Lipinski definition) is 3. The van der Waals surface area contributed by atoms with E-state index in [0.29, 0.717) is 12.5 Å². The molecule has 1 fully saturated rings. The molecule has 21 heavy (non-hydrogen) atoms. The van der Waals surface area contributed by atoms with Crippen LogP contribution in [0.1, 0.15) is 25.3 Å². The molecular formula is C16H23ClN2O2. The highest BCUT2D eigenvalue weighted by atomic mass is 35.5. The van der Waals surface area contributed by atoms with Gasteiger partial charge in [0.2, 0.25) is 0 Å². The van der Waals surface area contributed by atoms with Crippen molar-refractivity contribution in [3.8, 4) is 5.75 Å². The van der Waals surface area contributed by atoms with Crippen LogP contribution in [0.5, 0.6) is 5.75 Å². The van der Waals surface area contributed by atoms with Gasteiger partial charge in [0.15, 0.2) is 6.10 Å². The van der Waals surface area contributed by atoms with Crippen LogP contribution >= 0.6 is 12.4 Å². The molecule has 2 heterocycles. The Bertz CT molecular complexity index is 464. The van der Waals surface area contributed by atoms with Gasteiger partial charge in [-0.15, -0.1) is 12.4 Å². The number of para-hydroxylation sites is 1. The number of ether oxygens (including phenoxy) is 1. The summed E-state index contributed by atoms with van der Waals surface area (Å²) in [6.07, 6.45) is 2.41. The minimum Gasteiger partial charge on any atom is -0.480 e. The van der Waals surface area contributed by atoms with Crippen LogP contribution in [0.25, 0.3) is 0 Å². The average Bonchev–Trinajstić information content (AvgIpc) is 3.12. The Labute approximate surface area is 132 Å². The lowest BCUT2D eigenvalue weighted by Crippen LogP contribution is -2.48. The highest BCUT2D eigenvalue weighted by molar-refractivity contribution is 5.85. The maximum absolute atomic E-state index is 12.8. The van der Waals surface area contributed by atoms with Crippen molar-refractivity contribution >= 4 is 18.3 Å². The summed E-state index contributed by atoms with van der Waals surface area (Å²) in [4.78, 5) is 14.8. The number of hydrogen-bond donors (Lipinski definition) is 1. The third-order valence-electron chi connectivity index (χ3n) is 4.15. The second-order valence-electron chi connectivity index (χ2n) is 5.60. The Kier molecular flexibility index (Phi) is 5.48. The van der Waals surface area contributed by atoms with E-state index in [9.17, 15) is 4.79 Å². The number of carbonyl (C=O) groups is 1. The zero-order valence-corrected chi connectivity index (χ0v) is 13.2. The molecule has 1 aromatic carbocycles. The van der Waals surface area contributed by atoms with Crippen LogP contribution in [0.4, 0.5) is 0 Å². The van der Waals surface area contributed by atoms with Gasteiger partial charge in [0.25, 0.3) is 5.91 Å². The Morgan fingerprint density at radius 3 is 2.90 bits per heavy atom. The molecule has 0 aromatic heterocycles. The first-order valence-corrected chi connectivity index (χ1v) is 7.55. The van der Waals surface area contributed by atoms with Gasteiger partial charge in [-0.1, -0.05) is 25.1 Å². The van der Waals surface area contributed by atoms with Crippen molar-refractivity contribution in [2.45, 2.75) is 38.3 Å². The highest BCUT2D eigenvalue weighted by Gasteiger charge is 2.35. The summed E-state index contributed by atoms with van der Waals surface area (Å²) in [5.41, 5.74) is 1.15. The summed E-state index contributed by atoms with van der Waals surface area (Å²) in [6, 6.07) is 8.28. The minimum absolute atomic E-state index is 0. The van der Waals surface area contributed by atoms with Crippen molar-refractivity contribution in [2.24, 2.45) is 0 Å². The molecule has 0 spiro atoms. The molecule has 1 saturated heterocycles. The third kappa shape index (κ3) is 3.33. The van der Waals surface area contributed by atoms with Gasteiger partial charge in [-0.05, 0) is 31.0 Å². The first-order valence-electron chi connectivity index (χ1n) is 7.55. The predicted octanol–water partition coefficient (Wildman–Crippen LogP) is 2.01. The summed E-state index contributed by atoms with van der Waals surface area (Å²) in [5, 5.41) is 3.34. The molecule has 116 valence electrons. The molecular weight excluding hydrogens is 288 g/mol. The largest absolute Gasteiger partial charge is 0.480 e. The van der Waals surface area contributed by atoms with Gasteiger partial charge in [-0.2, -0.15) is 0 Å². The van der Waals surface area contributed by atoms with E-state index in [2.05, 4.69) is 12.2 Å². The third-order valence-corrected chi connectivity index (χ3v) is 4.15. The zero-order valence-electron chi connectivity index (χ0n) is 12.4. The van der Waals surface area contributed by atoms with Crippen LogP contribution in [0, 0.1) is 0 Å². The average molecular weight is 311 g/mol.